The molecule has 0 bridgehead atoms. The van der Waals surface area contributed by atoms with Crippen LogP contribution in [0.15, 0.2) is 30.4 Å². The van der Waals surface area contributed by atoms with Gasteiger partial charge in [0, 0.05) is 12.8 Å². The summed E-state index contributed by atoms with van der Waals surface area (Å²) < 4.78 is 5.39. The molecule has 1 saturated carbocycles. The van der Waals surface area contributed by atoms with Crippen LogP contribution in [-0.4, -0.2) is 28.4 Å². The number of fused-ring (bicyclic) bond motifs is 2. The van der Waals surface area contributed by atoms with Gasteiger partial charge in [-0.05, 0) is 54.7 Å². The van der Waals surface area contributed by atoms with Gasteiger partial charge in [-0.1, -0.05) is 50.5 Å². The second kappa shape index (κ2) is 9.03. The maximum Gasteiger partial charge on any atom is 0.308 e. The van der Waals surface area contributed by atoms with Gasteiger partial charge in [0.1, 0.15) is 5.75 Å². The van der Waals surface area contributed by atoms with E-state index in [-0.39, 0.29) is 18.0 Å². The number of aliphatic hydroxyl groups excluding tert-OH is 2. The number of carbonyl (C=O) groups excluding carboxylic acids is 1. The lowest BCUT2D eigenvalue weighted by molar-refractivity contribution is -0.131. The summed E-state index contributed by atoms with van der Waals surface area (Å²) >= 11 is 0. The van der Waals surface area contributed by atoms with E-state index in [1.54, 1.807) is 0 Å². The molecule has 0 aromatic heterocycles. The minimum absolute atomic E-state index is 0.0846. The van der Waals surface area contributed by atoms with Crippen molar-refractivity contribution >= 4 is 5.97 Å². The van der Waals surface area contributed by atoms with E-state index in [1.165, 1.54) is 12.5 Å². The van der Waals surface area contributed by atoms with E-state index < -0.39 is 6.10 Å². The van der Waals surface area contributed by atoms with Crippen LogP contribution < -0.4 is 4.74 Å². The second-order valence-corrected chi connectivity index (χ2v) is 8.15. The van der Waals surface area contributed by atoms with Gasteiger partial charge in [0.2, 0.25) is 0 Å². The highest BCUT2D eigenvalue weighted by molar-refractivity contribution is 5.70. The first kappa shape index (κ1) is 20.1. The summed E-state index contributed by atoms with van der Waals surface area (Å²) in [5, 5.41) is 20.8. The molecule has 1 fully saturated rings. The molecule has 0 saturated heterocycles. The molecule has 0 amide bonds. The van der Waals surface area contributed by atoms with Crippen molar-refractivity contribution in [1.29, 1.82) is 0 Å². The van der Waals surface area contributed by atoms with Gasteiger partial charge in [0.15, 0.2) is 0 Å². The lowest BCUT2D eigenvalue weighted by Gasteiger charge is -2.31. The molecule has 4 heteroatoms. The Morgan fingerprint density at radius 3 is 2.89 bits per heavy atom. The summed E-state index contributed by atoms with van der Waals surface area (Å²) in [6, 6.07) is 5.89. The summed E-state index contributed by atoms with van der Waals surface area (Å²) in [6.45, 7) is 3.59. The largest absolute Gasteiger partial charge is 0.426 e. The maximum absolute atomic E-state index is 11.4. The van der Waals surface area contributed by atoms with Crippen LogP contribution in [0.1, 0.15) is 57.1 Å². The standard InChI is InChI=1S/C23H32O4/c1-3-4-5-8-18(25)10-11-19-20-12-16-7-6-9-23(27-15(2)24)21(16)13-17(20)14-22(19)26/h6-7,9-11,17-20,22,25-26H,3-5,8,12-14H2,1-2H3/t17?,18-,19+,20-,22+/m0/s1. The van der Waals surface area contributed by atoms with Gasteiger partial charge in [-0.15, -0.1) is 0 Å². The van der Waals surface area contributed by atoms with Crippen LogP contribution in [0.2, 0.25) is 0 Å². The Morgan fingerprint density at radius 1 is 1.33 bits per heavy atom. The Balaban J connectivity index is 1.71. The van der Waals surface area contributed by atoms with E-state index in [0.717, 1.165) is 50.5 Å². The van der Waals surface area contributed by atoms with Crippen LogP contribution >= 0.6 is 0 Å². The zero-order valence-corrected chi connectivity index (χ0v) is 16.4. The van der Waals surface area contributed by atoms with Crippen molar-refractivity contribution < 1.29 is 19.7 Å². The molecule has 1 unspecified atom stereocenters. The first-order valence-electron chi connectivity index (χ1n) is 10.3. The second-order valence-electron chi connectivity index (χ2n) is 8.15. The molecule has 1 aromatic carbocycles. The third kappa shape index (κ3) is 4.80. The summed E-state index contributed by atoms with van der Waals surface area (Å²) in [4.78, 5) is 11.4. The van der Waals surface area contributed by atoms with Crippen molar-refractivity contribution in [2.75, 3.05) is 0 Å². The minimum atomic E-state index is -0.422. The molecular weight excluding hydrogens is 340 g/mol. The molecule has 2 aliphatic rings. The van der Waals surface area contributed by atoms with Gasteiger partial charge in [-0.2, -0.15) is 0 Å². The SMILES string of the molecule is CCCCC[C@H](O)C=C[C@H]1[C@H](O)CC2Cc3c(cccc3OC(C)=O)C[C@@H]21. The highest BCUT2D eigenvalue weighted by atomic mass is 16.5. The third-order valence-corrected chi connectivity index (χ3v) is 6.15. The normalized spacial score (nSPS) is 28.0. The van der Waals surface area contributed by atoms with Gasteiger partial charge in [-0.25, -0.2) is 0 Å². The fraction of sp³-hybridized carbons (Fsp3) is 0.609. The monoisotopic (exact) mass is 372 g/mol. The van der Waals surface area contributed by atoms with Crippen LogP contribution in [0.3, 0.4) is 0 Å². The van der Waals surface area contributed by atoms with Crippen molar-refractivity contribution in [3.05, 3.63) is 41.5 Å². The molecular formula is C23H32O4. The zero-order chi connectivity index (χ0) is 19.4. The van der Waals surface area contributed by atoms with Gasteiger partial charge >= 0.3 is 5.97 Å². The number of rotatable bonds is 7. The van der Waals surface area contributed by atoms with E-state index in [1.807, 2.05) is 24.3 Å². The highest BCUT2D eigenvalue weighted by Crippen LogP contribution is 2.47. The van der Waals surface area contributed by atoms with Crippen molar-refractivity contribution in [3.63, 3.8) is 0 Å². The van der Waals surface area contributed by atoms with Crippen LogP contribution in [0, 0.1) is 17.8 Å². The fourth-order valence-corrected chi connectivity index (χ4v) is 4.81. The first-order valence-corrected chi connectivity index (χ1v) is 10.3. The number of carbonyl (C=O) groups is 1. The van der Waals surface area contributed by atoms with Gasteiger partial charge < -0.3 is 14.9 Å². The lowest BCUT2D eigenvalue weighted by Crippen LogP contribution is -2.26. The molecule has 27 heavy (non-hydrogen) atoms. The van der Waals surface area contributed by atoms with Crippen LogP contribution in [-0.2, 0) is 17.6 Å². The fourth-order valence-electron chi connectivity index (χ4n) is 4.81. The van der Waals surface area contributed by atoms with E-state index in [4.69, 9.17) is 4.74 Å². The average Bonchev–Trinajstić information content (AvgIpc) is 2.92. The van der Waals surface area contributed by atoms with Crippen molar-refractivity contribution in [2.45, 2.75) is 71.0 Å². The molecule has 2 aliphatic carbocycles. The van der Waals surface area contributed by atoms with E-state index in [0.29, 0.717) is 17.6 Å². The molecule has 0 radical (unpaired) electrons. The maximum atomic E-state index is 11.4. The van der Waals surface area contributed by atoms with Gasteiger partial charge in [0.05, 0.1) is 12.2 Å². The van der Waals surface area contributed by atoms with Crippen molar-refractivity contribution in [3.8, 4) is 5.75 Å². The lowest BCUT2D eigenvalue weighted by atomic mass is 9.74. The third-order valence-electron chi connectivity index (χ3n) is 6.15. The molecule has 0 aliphatic heterocycles. The van der Waals surface area contributed by atoms with Crippen LogP contribution in [0.25, 0.3) is 0 Å². The average molecular weight is 373 g/mol. The summed E-state index contributed by atoms with van der Waals surface area (Å²) in [6.07, 6.45) is 9.74. The first-order chi connectivity index (χ1) is 13.0. The summed E-state index contributed by atoms with van der Waals surface area (Å²) in [5.41, 5.74) is 2.33. The summed E-state index contributed by atoms with van der Waals surface area (Å²) in [7, 11) is 0. The summed E-state index contributed by atoms with van der Waals surface area (Å²) in [5.74, 6) is 1.21. The molecule has 5 atom stereocenters. The smallest absolute Gasteiger partial charge is 0.308 e. The molecule has 4 nitrogen and oxygen atoms in total. The van der Waals surface area contributed by atoms with E-state index >= 15 is 0 Å². The number of unbranched alkanes of at least 4 members (excludes halogenated alkanes) is 2. The quantitative estimate of drug-likeness (QED) is 0.330. The van der Waals surface area contributed by atoms with E-state index in [2.05, 4.69) is 13.0 Å². The van der Waals surface area contributed by atoms with Crippen LogP contribution in [0.5, 0.6) is 5.75 Å². The predicted octanol–water partition coefficient (Wildman–Crippen LogP) is 3.82. The Kier molecular flexibility index (Phi) is 6.72. The molecule has 0 spiro atoms. The molecule has 1 aromatic rings. The molecule has 3 rings (SSSR count). The molecule has 2 N–H and O–H groups in total. The number of hydrogen-bond donors (Lipinski definition) is 2. The Hall–Kier alpha value is -1.65. The molecule has 0 heterocycles. The van der Waals surface area contributed by atoms with Crippen molar-refractivity contribution in [1.82, 2.24) is 0 Å². The zero-order valence-electron chi connectivity index (χ0n) is 16.4. The Labute approximate surface area is 162 Å². The number of benzene rings is 1. The number of esters is 1. The minimum Gasteiger partial charge on any atom is -0.426 e. The van der Waals surface area contributed by atoms with Crippen molar-refractivity contribution in [2.24, 2.45) is 17.8 Å². The Bertz CT molecular complexity index is 681. The molecule has 148 valence electrons. The van der Waals surface area contributed by atoms with E-state index in [9.17, 15) is 15.0 Å². The predicted molar refractivity (Wildman–Crippen MR) is 106 cm³/mol. The topological polar surface area (TPSA) is 66.8 Å². The Morgan fingerprint density at radius 2 is 2.15 bits per heavy atom. The van der Waals surface area contributed by atoms with Gasteiger partial charge in [-0.3, -0.25) is 4.79 Å². The number of aliphatic hydroxyl groups is 2. The van der Waals surface area contributed by atoms with Gasteiger partial charge in [0.25, 0.3) is 0 Å². The number of hydrogen-bond acceptors (Lipinski definition) is 4. The number of ether oxygens (including phenoxy) is 1. The van der Waals surface area contributed by atoms with Crippen LogP contribution in [0.4, 0.5) is 0 Å². The highest BCUT2D eigenvalue weighted by Gasteiger charge is 2.44.